The molecule has 5 heteroatoms. The van der Waals surface area contributed by atoms with Gasteiger partial charge < -0.3 is 5.11 Å². The molecule has 2 bridgehead atoms. The van der Waals surface area contributed by atoms with Gasteiger partial charge in [-0.05, 0) is 59.9 Å². The van der Waals surface area contributed by atoms with Crippen LogP contribution in [0.4, 0.5) is 0 Å². The van der Waals surface area contributed by atoms with Gasteiger partial charge in [0.2, 0.25) is 0 Å². The molecule has 1 aliphatic heterocycles. The molecular formula is C18H16N2O3. The van der Waals surface area contributed by atoms with Crippen LogP contribution in [-0.4, -0.2) is 28.1 Å². The zero-order valence-electron chi connectivity index (χ0n) is 12.4. The lowest BCUT2D eigenvalue weighted by Gasteiger charge is -2.18. The van der Waals surface area contributed by atoms with Gasteiger partial charge in [-0.3, -0.25) is 9.59 Å². The van der Waals surface area contributed by atoms with E-state index in [1.807, 2.05) is 0 Å². The molecule has 1 N–H and O–H groups in total. The van der Waals surface area contributed by atoms with E-state index in [1.165, 1.54) is 6.21 Å². The van der Waals surface area contributed by atoms with Crippen molar-refractivity contribution in [2.75, 3.05) is 0 Å². The molecule has 5 rings (SSSR count). The summed E-state index contributed by atoms with van der Waals surface area (Å²) in [5, 5.41) is 14.5. The van der Waals surface area contributed by atoms with E-state index >= 15 is 0 Å². The highest BCUT2D eigenvalue weighted by molar-refractivity contribution is 6.07. The first-order valence-corrected chi connectivity index (χ1v) is 8.01. The van der Waals surface area contributed by atoms with Crippen LogP contribution in [0.15, 0.2) is 41.5 Å². The molecule has 0 radical (unpaired) electrons. The molecule has 3 fully saturated rings. The lowest BCUT2D eigenvalue weighted by molar-refractivity contribution is -0.141. The summed E-state index contributed by atoms with van der Waals surface area (Å²) < 4.78 is 0. The Bertz CT molecular complexity index is 742. The minimum absolute atomic E-state index is 0.154. The van der Waals surface area contributed by atoms with E-state index < -0.39 is 0 Å². The molecule has 116 valence electrons. The van der Waals surface area contributed by atoms with E-state index in [1.54, 1.807) is 24.3 Å². The van der Waals surface area contributed by atoms with Crippen LogP contribution in [0.25, 0.3) is 0 Å². The summed E-state index contributed by atoms with van der Waals surface area (Å²) in [6.07, 6.45) is 8.08. The molecule has 4 atom stereocenters. The Hall–Kier alpha value is -2.43. The van der Waals surface area contributed by atoms with Gasteiger partial charge in [-0.25, -0.2) is 0 Å². The van der Waals surface area contributed by atoms with E-state index in [4.69, 9.17) is 0 Å². The third-order valence-corrected chi connectivity index (χ3v) is 6.04. The number of amides is 2. The Morgan fingerprint density at radius 3 is 2.13 bits per heavy atom. The molecule has 0 aromatic heterocycles. The van der Waals surface area contributed by atoms with E-state index in [-0.39, 0.29) is 46.7 Å². The number of nitrogens with zero attached hydrogens (tertiary/aromatic N) is 2. The van der Waals surface area contributed by atoms with Crippen LogP contribution >= 0.6 is 0 Å². The van der Waals surface area contributed by atoms with Crippen LogP contribution < -0.4 is 0 Å². The van der Waals surface area contributed by atoms with Crippen LogP contribution in [0.2, 0.25) is 0 Å². The average Bonchev–Trinajstić information content (AvgIpc) is 3.15. The minimum atomic E-state index is -0.211. The Kier molecular flexibility index (Phi) is 2.33. The van der Waals surface area contributed by atoms with Crippen molar-refractivity contribution in [1.29, 1.82) is 0 Å². The first-order chi connectivity index (χ1) is 11.1. The number of hydrogen-bond acceptors (Lipinski definition) is 4. The van der Waals surface area contributed by atoms with Gasteiger partial charge in [0.15, 0.2) is 0 Å². The molecule has 1 aromatic rings. The van der Waals surface area contributed by atoms with E-state index in [0.717, 1.165) is 23.4 Å². The van der Waals surface area contributed by atoms with Crippen LogP contribution in [-0.2, 0) is 9.59 Å². The Morgan fingerprint density at radius 1 is 1.04 bits per heavy atom. The first kappa shape index (κ1) is 13.0. The summed E-state index contributed by atoms with van der Waals surface area (Å²) in [4.78, 5) is 25.4. The Morgan fingerprint density at radius 2 is 1.61 bits per heavy atom. The zero-order valence-corrected chi connectivity index (χ0v) is 12.4. The number of allylic oxidation sites excluding steroid dienone is 2. The van der Waals surface area contributed by atoms with Crippen molar-refractivity contribution in [3.8, 4) is 5.75 Å². The fourth-order valence-electron chi connectivity index (χ4n) is 4.86. The number of rotatable bonds is 2. The molecule has 2 saturated carbocycles. The van der Waals surface area contributed by atoms with Gasteiger partial charge in [0.25, 0.3) is 11.8 Å². The van der Waals surface area contributed by atoms with E-state index in [9.17, 15) is 14.7 Å². The molecule has 1 aromatic carbocycles. The summed E-state index contributed by atoms with van der Waals surface area (Å²) in [5.41, 5.74) is 0.952. The third kappa shape index (κ3) is 1.54. The summed E-state index contributed by atoms with van der Waals surface area (Å²) in [7, 11) is 0. The van der Waals surface area contributed by atoms with Crippen molar-refractivity contribution in [2.45, 2.75) is 12.8 Å². The smallest absolute Gasteiger partial charge is 0.254 e. The number of carbonyl (C=O) groups excluding carboxylic acids is 2. The van der Waals surface area contributed by atoms with Gasteiger partial charge in [0, 0.05) is 0 Å². The SMILES string of the molecule is O=C1[C@@H]2[C@H](C(=O)N1/N=C\c1ccc(O)cc1)[C@@H]1C=C[C@@H]2C12CC2. The molecular weight excluding hydrogens is 292 g/mol. The first-order valence-electron chi connectivity index (χ1n) is 8.01. The fourth-order valence-corrected chi connectivity index (χ4v) is 4.86. The molecule has 4 aliphatic rings. The van der Waals surface area contributed by atoms with Gasteiger partial charge in [-0.1, -0.05) is 12.2 Å². The lowest BCUT2D eigenvalue weighted by atomic mass is 9.85. The number of hydrazone groups is 1. The highest BCUT2D eigenvalue weighted by atomic mass is 16.3. The summed E-state index contributed by atoms with van der Waals surface area (Å²) in [6.45, 7) is 0. The predicted octanol–water partition coefficient (Wildman–Crippen LogP) is 1.92. The number of aromatic hydroxyl groups is 1. The molecule has 1 heterocycles. The van der Waals surface area contributed by atoms with Crippen molar-refractivity contribution in [3.63, 3.8) is 0 Å². The third-order valence-electron chi connectivity index (χ3n) is 6.04. The largest absolute Gasteiger partial charge is 0.508 e. The zero-order chi connectivity index (χ0) is 15.8. The van der Waals surface area contributed by atoms with Crippen LogP contribution in [0.1, 0.15) is 18.4 Å². The van der Waals surface area contributed by atoms with Gasteiger partial charge in [0.1, 0.15) is 5.75 Å². The number of phenols is 1. The lowest BCUT2D eigenvalue weighted by Crippen LogP contribution is -2.30. The maximum Gasteiger partial charge on any atom is 0.254 e. The van der Waals surface area contributed by atoms with Crippen molar-refractivity contribution in [3.05, 3.63) is 42.0 Å². The number of phenolic OH excluding ortho intramolecular Hbond substituents is 1. The van der Waals surface area contributed by atoms with E-state index in [2.05, 4.69) is 17.3 Å². The molecule has 5 nitrogen and oxygen atoms in total. The summed E-state index contributed by atoms with van der Waals surface area (Å²) in [5.74, 6) is -0.113. The molecule has 0 unspecified atom stereocenters. The maximum absolute atomic E-state index is 12.7. The van der Waals surface area contributed by atoms with E-state index in [0.29, 0.717) is 0 Å². The number of benzene rings is 1. The monoisotopic (exact) mass is 308 g/mol. The Balaban J connectivity index is 1.43. The second-order valence-electron chi connectivity index (χ2n) is 7.05. The van der Waals surface area contributed by atoms with Crippen LogP contribution in [0.5, 0.6) is 5.75 Å². The second-order valence-corrected chi connectivity index (χ2v) is 7.05. The van der Waals surface area contributed by atoms with Crippen molar-refractivity contribution in [1.82, 2.24) is 5.01 Å². The highest BCUT2D eigenvalue weighted by Crippen LogP contribution is 2.73. The molecule has 23 heavy (non-hydrogen) atoms. The summed E-state index contributed by atoms with van der Waals surface area (Å²) >= 11 is 0. The normalized spacial score (nSPS) is 35.7. The van der Waals surface area contributed by atoms with Crippen LogP contribution in [0.3, 0.4) is 0 Å². The highest BCUT2D eigenvalue weighted by Gasteiger charge is 2.73. The number of carbonyl (C=O) groups is 2. The molecule has 2 amide bonds. The van der Waals surface area contributed by atoms with Crippen molar-refractivity contribution < 1.29 is 14.7 Å². The van der Waals surface area contributed by atoms with Crippen LogP contribution in [0, 0.1) is 29.1 Å². The Labute approximate surface area is 133 Å². The summed E-state index contributed by atoms with van der Waals surface area (Å²) in [6, 6.07) is 6.47. The molecule has 1 saturated heterocycles. The standard InChI is InChI=1S/C18H16N2O3/c21-11-3-1-10(2-4-11)9-19-20-16(22)14-12-5-6-13(15(14)17(20)23)18(12)7-8-18/h1-6,9,12-15,21H,7-8H2/b19-9-/t12-,13-,14-,15+/m0/s1. The quantitative estimate of drug-likeness (QED) is 0.515. The number of fused-ring (bicyclic) bond motifs is 3. The average molecular weight is 308 g/mol. The van der Waals surface area contributed by atoms with Gasteiger partial charge in [-0.2, -0.15) is 10.1 Å². The second kappa shape index (κ2) is 4.10. The van der Waals surface area contributed by atoms with Gasteiger partial charge in [-0.15, -0.1) is 0 Å². The predicted molar refractivity (Wildman–Crippen MR) is 82.3 cm³/mol. The number of hydrogen-bond donors (Lipinski definition) is 1. The van der Waals surface area contributed by atoms with Crippen molar-refractivity contribution >= 4 is 18.0 Å². The van der Waals surface area contributed by atoms with Gasteiger partial charge in [0.05, 0.1) is 18.1 Å². The van der Waals surface area contributed by atoms with Crippen molar-refractivity contribution in [2.24, 2.45) is 34.2 Å². The number of imide groups is 1. The minimum Gasteiger partial charge on any atom is -0.508 e. The topological polar surface area (TPSA) is 70.0 Å². The fraction of sp³-hybridized carbons (Fsp3) is 0.389. The maximum atomic E-state index is 12.7. The molecule has 3 aliphatic carbocycles. The molecule has 1 spiro atoms. The van der Waals surface area contributed by atoms with Gasteiger partial charge >= 0.3 is 0 Å².